The fourth-order valence-corrected chi connectivity index (χ4v) is 3.04. The normalized spacial score (nSPS) is 15.1. The largest absolute Gasteiger partial charge is 0.251 e. The molecular formula is C13H16BrN3. The Balaban J connectivity index is 2.47. The summed E-state index contributed by atoms with van der Waals surface area (Å²) < 4.78 is 0. The Kier molecular flexibility index (Phi) is 3.72. The average Bonchev–Trinajstić information content (AvgIpc) is 2.28. The van der Waals surface area contributed by atoms with Gasteiger partial charge in [0.05, 0.1) is 0 Å². The van der Waals surface area contributed by atoms with Crippen LogP contribution in [0.25, 0.3) is 11.2 Å². The van der Waals surface area contributed by atoms with Crippen LogP contribution in [0, 0.1) is 5.92 Å². The molecule has 2 rings (SSSR count). The minimum atomic E-state index is 0.390. The van der Waals surface area contributed by atoms with Crippen LogP contribution in [0.5, 0.6) is 0 Å². The molecule has 0 aliphatic heterocycles. The summed E-state index contributed by atoms with van der Waals surface area (Å²) in [4.78, 5) is 13.5. The smallest absolute Gasteiger partial charge is 0.178 e. The monoisotopic (exact) mass is 293 g/mol. The summed E-state index contributed by atoms with van der Waals surface area (Å²) in [6, 6.07) is 4.05. The van der Waals surface area contributed by atoms with E-state index in [1.807, 2.05) is 6.07 Å². The molecule has 2 heterocycles. The second-order valence-electron chi connectivity index (χ2n) is 4.58. The molecule has 2 unspecified atom stereocenters. The first kappa shape index (κ1) is 12.4. The first-order valence-corrected chi connectivity index (χ1v) is 6.73. The lowest BCUT2D eigenvalue weighted by Gasteiger charge is -2.23. The second-order valence-corrected chi connectivity index (χ2v) is 6.03. The SMILES string of the molecule is CC(C)C(c1ccc2nccnc2n1)C(C)Br. The van der Waals surface area contributed by atoms with Crippen molar-refractivity contribution < 1.29 is 0 Å². The Morgan fingerprint density at radius 1 is 1.06 bits per heavy atom. The van der Waals surface area contributed by atoms with Gasteiger partial charge < -0.3 is 0 Å². The summed E-state index contributed by atoms with van der Waals surface area (Å²) in [5.74, 6) is 0.924. The topological polar surface area (TPSA) is 38.7 Å². The molecule has 0 radical (unpaired) electrons. The molecule has 0 bridgehead atoms. The molecular weight excluding hydrogens is 278 g/mol. The van der Waals surface area contributed by atoms with Crippen molar-refractivity contribution in [2.45, 2.75) is 31.5 Å². The summed E-state index contributed by atoms with van der Waals surface area (Å²) >= 11 is 3.67. The number of halogens is 1. The quantitative estimate of drug-likeness (QED) is 0.813. The van der Waals surface area contributed by atoms with Crippen molar-refractivity contribution in [3.63, 3.8) is 0 Å². The molecule has 4 heteroatoms. The van der Waals surface area contributed by atoms with E-state index in [9.17, 15) is 0 Å². The number of hydrogen-bond acceptors (Lipinski definition) is 3. The zero-order valence-electron chi connectivity index (χ0n) is 10.3. The van der Waals surface area contributed by atoms with Gasteiger partial charge in [0.25, 0.3) is 0 Å². The van der Waals surface area contributed by atoms with Crippen molar-refractivity contribution in [3.05, 3.63) is 30.2 Å². The zero-order valence-corrected chi connectivity index (χ0v) is 11.8. The third-order valence-electron chi connectivity index (χ3n) is 2.91. The summed E-state index contributed by atoms with van der Waals surface area (Å²) in [6.45, 7) is 6.59. The van der Waals surface area contributed by atoms with Gasteiger partial charge in [0.15, 0.2) is 5.65 Å². The van der Waals surface area contributed by atoms with Crippen molar-refractivity contribution in [2.75, 3.05) is 0 Å². The third kappa shape index (κ3) is 2.63. The van der Waals surface area contributed by atoms with E-state index < -0.39 is 0 Å². The maximum atomic E-state index is 4.61. The summed E-state index contributed by atoms with van der Waals surface area (Å²) in [7, 11) is 0. The lowest BCUT2D eigenvalue weighted by atomic mass is 9.89. The highest BCUT2D eigenvalue weighted by Crippen LogP contribution is 2.31. The highest BCUT2D eigenvalue weighted by Gasteiger charge is 2.22. The minimum Gasteiger partial charge on any atom is -0.251 e. The molecule has 0 aliphatic rings. The maximum Gasteiger partial charge on any atom is 0.178 e. The predicted molar refractivity (Wildman–Crippen MR) is 73.3 cm³/mol. The van der Waals surface area contributed by atoms with Crippen molar-refractivity contribution >= 4 is 27.1 Å². The van der Waals surface area contributed by atoms with Gasteiger partial charge in [0.2, 0.25) is 0 Å². The van der Waals surface area contributed by atoms with E-state index >= 15 is 0 Å². The van der Waals surface area contributed by atoms with Crippen LogP contribution >= 0.6 is 15.9 Å². The molecule has 0 fully saturated rings. The zero-order chi connectivity index (χ0) is 12.4. The van der Waals surface area contributed by atoms with E-state index in [1.54, 1.807) is 12.4 Å². The number of pyridine rings is 1. The molecule has 2 aromatic heterocycles. The van der Waals surface area contributed by atoms with Crippen LogP contribution in [0.4, 0.5) is 0 Å². The lowest BCUT2D eigenvalue weighted by Crippen LogP contribution is -2.17. The molecule has 2 aromatic rings. The number of hydrogen-bond donors (Lipinski definition) is 0. The Morgan fingerprint density at radius 3 is 2.41 bits per heavy atom. The molecule has 0 aromatic carbocycles. The van der Waals surface area contributed by atoms with Gasteiger partial charge in [-0.3, -0.25) is 4.98 Å². The molecule has 0 saturated heterocycles. The standard InChI is InChI=1S/C13H16BrN3/c1-8(2)12(9(3)14)10-4-5-11-13(17-10)16-7-6-15-11/h4-9,12H,1-3H3. The van der Waals surface area contributed by atoms with Crippen molar-refractivity contribution in [3.8, 4) is 0 Å². The van der Waals surface area contributed by atoms with Crippen LogP contribution in [0.15, 0.2) is 24.5 Å². The van der Waals surface area contributed by atoms with Gasteiger partial charge in [-0.15, -0.1) is 0 Å². The molecule has 0 saturated carbocycles. The number of nitrogens with zero attached hydrogens (tertiary/aromatic N) is 3. The van der Waals surface area contributed by atoms with Gasteiger partial charge in [0.1, 0.15) is 5.52 Å². The molecule has 3 nitrogen and oxygen atoms in total. The van der Waals surface area contributed by atoms with Crippen LogP contribution < -0.4 is 0 Å². The summed E-state index contributed by atoms with van der Waals surface area (Å²) in [6.07, 6.45) is 3.37. The van der Waals surface area contributed by atoms with Crippen LogP contribution in [0.1, 0.15) is 32.4 Å². The van der Waals surface area contributed by atoms with E-state index in [-0.39, 0.29) is 0 Å². The summed E-state index contributed by atoms with van der Waals surface area (Å²) in [5, 5.41) is 0. The Bertz CT molecular complexity index is 503. The third-order valence-corrected chi connectivity index (χ3v) is 3.48. The number of alkyl halides is 1. The van der Waals surface area contributed by atoms with Gasteiger partial charge in [-0.2, -0.15) is 0 Å². The maximum absolute atomic E-state index is 4.61. The van der Waals surface area contributed by atoms with Crippen LogP contribution in [0.2, 0.25) is 0 Å². The molecule has 0 amide bonds. The first-order valence-electron chi connectivity index (χ1n) is 5.81. The van der Waals surface area contributed by atoms with Gasteiger partial charge in [-0.05, 0) is 18.1 Å². The van der Waals surface area contributed by atoms with Gasteiger partial charge in [-0.25, -0.2) is 9.97 Å². The highest BCUT2D eigenvalue weighted by atomic mass is 79.9. The molecule has 0 spiro atoms. The van der Waals surface area contributed by atoms with Gasteiger partial charge >= 0.3 is 0 Å². The Labute approximate surface area is 110 Å². The molecule has 0 N–H and O–H groups in total. The minimum absolute atomic E-state index is 0.390. The number of aromatic nitrogens is 3. The molecule has 90 valence electrons. The van der Waals surface area contributed by atoms with Gasteiger partial charge in [-0.1, -0.05) is 36.7 Å². The molecule has 17 heavy (non-hydrogen) atoms. The van der Waals surface area contributed by atoms with Gasteiger partial charge in [0, 0.05) is 28.8 Å². The lowest BCUT2D eigenvalue weighted by molar-refractivity contribution is 0.489. The van der Waals surface area contributed by atoms with E-state index in [0.29, 0.717) is 16.7 Å². The van der Waals surface area contributed by atoms with E-state index in [0.717, 1.165) is 16.9 Å². The van der Waals surface area contributed by atoms with E-state index in [2.05, 4.69) is 57.7 Å². The van der Waals surface area contributed by atoms with Crippen molar-refractivity contribution in [2.24, 2.45) is 5.92 Å². The van der Waals surface area contributed by atoms with Crippen LogP contribution in [-0.2, 0) is 0 Å². The fourth-order valence-electron chi connectivity index (χ4n) is 2.16. The van der Waals surface area contributed by atoms with Crippen molar-refractivity contribution in [1.29, 1.82) is 0 Å². The molecule has 2 atom stereocenters. The predicted octanol–water partition coefficient (Wildman–Crippen LogP) is 3.55. The van der Waals surface area contributed by atoms with Crippen LogP contribution in [-0.4, -0.2) is 19.8 Å². The van der Waals surface area contributed by atoms with E-state index in [1.165, 1.54) is 0 Å². The average molecular weight is 294 g/mol. The van der Waals surface area contributed by atoms with E-state index in [4.69, 9.17) is 0 Å². The number of fused-ring (bicyclic) bond motifs is 1. The second kappa shape index (κ2) is 5.08. The summed E-state index contributed by atoms with van der Waals surface area (Å²) in [5.41, 5.74) is 2.65. The molecule has 0 aliphatic carbocycles. The Morgan fingerprint density at radius 2 is 1.76 bits per heavy atom. The Hall–Kier alpha value is -1.03. The first-order chi connectivity index (χ1) is 8.09. The fraction of sp³-hybridized carbons (Fsp3) is 0.462. The highest BCUT2D eigenvalue weighted by molar-refractivity contribution is 9.09. The number of rotatable bonds is 3. The van der Waals surface area contributed by atoms with Crippen LogP contribution in [0.3, 0.4) is 0 Å². The van der Waals surface area contributed by atoms with Crippen molar-refractivity contribution in [1.82, 2.24) is 15.0 Å².